The van der Waals surface area contributed by atoms with Gasteiger partial charge < -0.3 is 4.84 Å². The molecule has 1 aromatic heterocycles. The summed E-state index contributed by atoms with van der Waals surface area (Å²) < 4.78 is 2.11. The van der Waals surface area contributed by atoms with Crippen LogP contribution in [0, 0.1) is 6.92 Å². The minimum atomic E-state index is 0.489. The number of hydrogen-bond donors (Lipinski definition) is 0. The Morgan fingerprint density at radius 1 is 1.19 bits per heavy atom. The van der Waals surface area contributed by atoms with Crippen molar-refractivity contribution in [2.24, 2.45) is 10.1 Å². The lowest BCUT2D eigenvalue weighted by molar-refractivity contribution is 0.215. The topological polar surface area (TPSA) is 51.8 Å². The van der Waals surface area contributed by atoms with Crippen LogP contribution in [0.5, 0.6) is 0 Å². The minimum absolute atomic E-state index is 0.489. The molecular weight excluding hydrogens is 348 g/mol. The highest BCUT2D eigenvalue weighted by molar-refractivity contribution is 6.31. The van der Waals surface area contributed by atoms with Gasteiger partial charge in [-0.05, 0) is 25.1 Å². The van der Waals surface area contributed by atoms with Crippen LogP contribution in [-0.2, 0) is 11.4 Å². The fourth-order valence-corrected chi connectivity index (χ4v) is 3.42. The Morgan fingerprint density at radius 3 is 2.77 bits per heavy atom. The fourth-order valence-electron chi connectivity index (χ4n) is 3.25. The largest absolute Gasteiger partial charge is 0.399 e. The van der Waals surface area contributed by atoms with E-state index in [0.717, 1.165) is 39.7 Å². The lowest BCUT2D eigenvalue weighted by atomic mass is 10.0. The van der Waals surface area contributed by atoms with Crippen LogP contribution in [0.3, 0.4) is 0 Å². The molecule has 0 aliphatic carbocycles. The van der Waals surface area contributed by atoms with Crippen molar-refractivity contribution >= 4 is 23.5 Å². The average Bonchev–Trinajstić information content (AvgIpc) is 2.86. The number of imidazole rings is 1. The molecule has 26 heavy (non-hydrogen) atoms. The normalized spacial score (nSPS) is 13.1. The van der Waals surface area contributed by atoms with E-state index in [1.54, 1.807) is 6.21 Å². The summed E-state index contributed by atoms with van der Waals surface area (Å²) >= 11 is 6.31. The molecule has 0 atom stereocenters. The van der Waals surface area contributed by atoms with Gasteiger partial charge in [-0.3, -0.25) is 9.56 Å². The zero-order chi connectivity index (χ0) is 18.1. The van der Waals surface area contributed by atoms with Crippen LogP contribution in [0.1, 0.15) is 28.3 Å². The van der Waals surface area contributed by atoms with Gasteiger partial charge >= 0.3 is 0 Å². The van der Waals surface area contributed by atoms with E-state index in [2.05, 4.69) is 26.8 Å². The van der Waals surface area contributed by atoms with Crippen LogP contribution < -0.4 is 0 Å². The number of rotatable bonds is 3. The van der Waals surface area contributed by atoms with Crippen LogP contribution in [0.2, 0.25) is 5.02 Å². The summed E-state index contributed by atoms with van der Waals surface area (Å²) in [5, 5.41) is 4.55. The molecule has 2 heterocycles. The lowest BCUT2D eigenvalue weighted by Gasteiger charge is -2.13. The molecular formula is C20H17ClN4O. The van der Waals surface area contributed by atoms with Gasteiger partial charge in [-0.25, -0.2) is 4.98 Å². The van der Waals surface area contributed by atoms with Gasteiger partial charge in [-0.15, -0.1) is 0 Å². The van der Waals surface area contributed by atoms with Gasteiger partial charge in [0, 0.05) is 16.1 Å². The minimum Gasteiger partial charge on any atom is -0.399 e. The van der Waals surface area contributed by atoms with Gasteiger partial charge in [0.05, 0.1) is 29.9 Å². The molecule has 0 radical (unpaired) electrons. The van der Waals surface area contributed by atoms with Crippen molar-refractivity contribution in [2.45, 2.75) is 13.5 Å². The van der Waals surface area contributed by atoms with Crippen molar-refractivity contribution in [1.82, 2.24) is 9.55 Å². The van der Waals surface area contributed by atoms with Crippen molar-refractivity contribution in [3.8, 4) is 5.69 Å². The van der Waals surface area contributed by atoms with Crippen LogP contribution in [0.25, 0.3) is 5.69 Å². The molecule has 1 aliphatic rings. The van der Waals surface area contributed by atoms with E-state index in [0.29, 0.717) is 11.6 Å². The van der Waals surface area contributed by atoms with E-state index in [1.165, 1.54) is 7.11 Å². The van der Waals surface area contributed by atoms with Crippen LogP contribution in [0.15, 0.2) is 58.7 Å². The second kappa shape index (κ2) is 6.77. The molecule has 0 spiro atoms. The molecule has 0 bridgehead atoms. The zero-order valence-corrected chi connectivity index (χ0v) is 15.2. The second-order valence-corrected chi connectivity index (χ2v) is 6.37. The zero-order valence-electron chi connectivity index (χ0n) is 14.5. The van der Waals surface area contributed by atoms with Gasteiger partial charge in [-0.1, -0.05) is 47.1 Å². The summed E-state index contributed by atoms with van der Waals surface area (Å²) in [6.45, 7) is 2.46. The molecule has 0 saturated carbocycles. The smallest absolute Gasteiger partial charge is 0.111 e. The van der Waals surface area contributed by atoms with Crippen molar-refractivity contribution in [1.29, 1.82) is 0 Å². The Morgan fingerprint density at radius 2 is 2.00 bits per heavy atom. The highest BCUT2D eigenvalue weighted by Crippen LogP contribution is 2.29. The Labute approximate surface area is 156 Å². The van der Waals surface area contributed by atoms with E-state index < -0.39 is 0 Å². The number of aromatic nitrogens is 2. The first kappa shape index (κ1) is 16.5. The van der Waals surface area contributed by atoms with Gasteiger partial charge in [0.15, 0.2) is 0 Å². The Balaban J connectivity index is 1.98. The number of halogens is 1. The van der Waals surface area contributed by atoms with Gasteiger partial charge in [0.2, 0.25) is 0 Å². The highest BCUT2D eigenvalue weighted by Gasteiger charge is 2.23. The maximum absolute atomic E-state index is 6.31. The van der Waals surface area contributed by atoms with Gasteiger partial charge in [-0.2, -0.15) is 0 Å². The third-order valence-corrected chi connectivity index (χ3v) is 4.58. The first-order chi connectivity index (χ1) is 12.7. The standard InChI is InChI=1S/C20H17ClN4O/c1-13-24-17(11-23-26-2)19-12-22-20(14-6-4-3-5-7-14)16-10-15(21)8-9-18(16)25(13)19/h3-11H,12H2,1-2H3. The Kier molecular flexibility index (Phi) is 4.31. The van der Waals surface area contributed by atoms with Crippen molar-refractivity contribution < 1.29 is 4.84 Å². The van der Waals surface area contributed by atoms with Crippen molar-refractivity contribution in [2.75, 3.05) is 7.11 Å². The van der Waals surface area contributed by atoms with E-state index in [9.17, 15) is 0 Å². The monoisotopic (exact) mass is 364 g/mol. The molecule has 4 rings (SSSR count). The number of hydrogen-bond acceptors (Lipinski definition) is 4. The van der Waals surface area contributed by atoms with Crippen LogP contribution in [-0.4, -0.2) is 28.6 Å². The lowest BCUT2D eigenvalue weighted by Crippen LogP contribution is -2.08. The fraction of sp³-hybridized carbons (Fsp3) is 0.150. The highest BCUT2D eigenvalue weighted by atomic mass is 35.5. The number of benzene rings is 2. The number of aliphatic imine (C=N–C) groups is 1. The third-order valence-electron chi connectivity index (χ3n) is 4.34. The quantitative estimate of drug-likeness (QED) is 0.517. The predicted molar refractivity (Wildman–Crippen MR) is 104 cm³/mol. The maximum atomic E-state index is 6.31. The van der Waals surface area contributed by atoms with E-state index in [4.69, 9.17) is 21.4 Å². The molecule has 1 aliphatic heterocycles. The average molecular weight is 365 g/mol. The van der Waals surface area contributed by atoms with Crippen molar-refractivity contribution in [3.63, 3.8) is 0 Å². The molecule has 130 valence electrons. The SMILES string of the molecule is CON=Cc1nc(C)n2c1CN=C(c1ccccc1)c1cc(Cl)ccc1-2. The number of fused-ring (bicyclic) bond motifs is 3. The summed E-state index contributed by atoms with van der Waals surface area (Å²) in [6.07, 6.45) is 1.62. The Hall–Kier alpha value is -2.92. The number of oxime groups is 1. The molecule has 0 amide bonds. The van der Waals surface area contributed by atoms with E-state index in [-0.39, 0.29) is 0 Å². The van der Waals surface area contributed by atoms with Gasteiger partial charge in [0.1, 0.15) is 18.6 Å². The maximum Gasteiger partial charge on any atom is 0.111 e. The molecule has 0 saturated heterocycles. The Bertz CT molecular complexity index is 1020. The number of nitrogens with zero attached hydrogens (tertiary/aromatic N) is 4. The molecule has 0 N–H and O–H groups in total. The van der Waals surface area contributed by atoms with E-state index >= 15 is 0 Å². The summed E-state index contributed by atoms with van der Waals surface area (Å²) in [5.41, 5.74) is 5.69. The van der Waals surface area contributed by atoms with Crippen LogP contribution >= 0.6 is 11.6 Å². The summed E-state index contributed by atoms with van der Waals surface area (Å²) in [5.74, 6) is 0.866. The predicted octanol–water partition coefficient (Wildman–Crippen LogP) is 4.17. The summed E-state index contributed by atoms with van der Waals surface area (Å²) in [4.78, 5) is 14.3. The summed E-state index contributed by atoms with van der Waals surface area (Å²) in [6, 6.07) is 16.0. The van der Waals surface area contributed by atoms with Crippen LogP contribution in [0.4, 0.5) is 0 Å². The molecule has 0 fully saturated rings. The number of aryl methyl sites for hydroxylation is 1. The second-order valence-electron chi connectivity index (χ2n) is 5.94. The first-order valence-corrected chi connectivity index (χ1v) is 8.61. The molecule has 3 aromatic rings. The van der Waals surface area contributed by atoms with E-state index in [1.807, 2.05) is 43.3 Å². The molecule has 0 unspecified atom stereocenters. The third kappa shape index (κ3) is 2.80. The van der Waals surface area contributed by atoms with Crippen molar-refractivity contribution in [3.05, 3.63) is 81.9 Å². The molecule has 2 aromatic carbocycles. The van der Waals surface area contributed by atoms with Gasteiger partial charge in [0.25, 0.3) is 0 Å². The summed E-state index contributed by atoms with van der Waals surface area (Å²) in [7, 11) is 1.51. The molecule has 5 nitrogen and oxygen atoms in total. The molecule has 6 heteroatoms. The first-order valence-electron chi connectivity index (χ1n) is 8.24.